The molecule has 5 rings (SSSR count). The predicted octanol–water partition coefficient (Wildman–Crippen LogP) is 5.58. The molecule has 3 aromatic rings. The van der Waals surface area contributed by atoms with Crippen LogP contribution in [0.3, 0.4) is 0 Å². The maximum absolute atomic E-state index is 11.9. The SMILES string of the molecule is CCO[C@H]1CCN(Cc2c(OC)cc(C3CC3)c3[nH]ccc23)[C@H](c2ccc(C(=O)OC)cc2)C1. The Labute approximate surface area is 201 Å². The van der Waals surface area contributed by atoms with Gasteiger partial charge in [0.15, 0.2) is 0 Å². The van der Waals surface area contributed by atoms with Gasteiger partial charge in [-0.05, 0) is 73.9 Å². The van der Waals surface area contributed by atoms with Gasteiger partial charge in [0.05, 0.1) is 25.9 Å². The van der Waals surface area contributed by atoms with Crippen LogP contribution in [-0.4, -0.2) is 49.3 Å². The van der Waals surface area contributed by atoms with Gasteiger partial charge in [-0.2, -0.15) is 0 Å². The maximum atomic E-state index is 11.9. The van der Waals surface area contributed by atoms with Gasteiger partial charge in [-0.25, -0.2) is 4.79 Å². The highest BCUT2D eigenvalue weighted by Crippen LogP contribution is 2.46. The Morgan fingerprint density at radius 1 is 1.12 bits per heavy atom. The molecule has 0 unspecified atom stereocenters. The summed E-state index contributed by atoms with van der Waals surface area (Å²) in [6.45, 7) is 4.51. The van der Waals surface area contributed by atoms with Crippen molar-refractivity contribution in [1.82, 2.24) is 9.88 Å². The zero-order chi connectivity index (χ0) is 23.7. The normalized spacial score (nSPS) is 21.0. The second-order valence-electron chi connectivity index (χ2n) is 9.39. The van der Waals surface area contributed by atoms with E-state index in [9.17, 15) is 4.79 Å². The molecule has 34 heavy (non-hydrogen) atoms. The van der Waals surface area contributed by atoms with E-state index in [4.69, 9.17) is 14.2 Å². The molecule has 1 saturated heterocycles. The number of likely N-dealkylation sites (tertiary alicyclic amines) is 1. The number of rotatable bonds is 8. The third kappa shape index (κ3) is 4.44. The molecule has 6 heteroatoms. The van der Waals surface area contributed by atoms with Crippen molar-refractivity contribution in [2.75, 3.05) is 27.4 Å². The van der Waals surface area contributed by atoms with E-state index in [0.717, 1.165) is 38.3 Å². The Bertz CT molecular complexity index is 1150. The molecule has 6 nitrogen and oxygen atoms in total. The minimum atomic E-state index is -0.311. The molecule has 2 heterocycles. The summed E-state index contributed by atoms with van der Waals surface area (Å²) in [5.74, 6) is 1.31. The van der Waals surface area contributed by atoms with Gasteiger partial charge in [-0.15, -0.1) is 0 Å². The molecule has 0 amide bonds. The first-order chi connectivity index (χ1) is 16.6. The first-order valence-electron chi connectivity index (χ1n) is 12.3. The third-order valence-corrected chi connectivity index (χ3v) is 7.33. The topological polar surface area (TPSA) is 63.8 Å². The van der Waals surface area contributed by atoms with Crippen LogP contribution < -0.4 is 4.74 Å². The number of nitrogens with zero attached hydrogens (tertiary/aromatic N) is 1. The molecule has 0 spiro atoms. The Kier molecular flexibility index (Phi) is 6.61. The number of hydrogen-bond donors (Lipinski definition) is 1. The summed E-state index contributed by atoms with van der Waals surface area (Å²) < 4.78 is 16.8. The van der Waals surface area contributed by atoms with E-state index in [1.807, 2.05) is 18.3 Å². The zero-order valence-electron chi connectivity index (χ0n) is 20.3. The highest BCUT2D eigenvalue weighted by molar-refractivity contribution is 5.89. The molecule has 2 fully saturated rings. The van der Waals surface area contributed by atoms with Crippen LogP contribution in [0.5, 0.6) is 5.75 Å². The average Bonchev–Trinajstić information content (AvgIpc) is 3.60. The number of nitrogens with one attached hydrogen (secondary N) is 1. The number of aromatic nitrogens is 1. The highest BCUT2D eigenvalue weighted by atomic mass is 16.5. The molecule has 1 aromatic heterocycles. The quantitative estimate of drug-likeness (QED) is 0.443. The van der Waals surface area contributed by atoms with Gasteiger partial charge in [0.2, 0.25) is 0 Å². The van der Waals surface area contributed by atoms with Crippen molar-refractivity contribution in [3.8, 4) is 5.75 Å². The smallest absolute Gasteiger partial charge is 0.337 e. The maximum Gasteiger partial charge on any atom is 0.337 e. The summed E-state index contributed by atoms with van der Waals surface area (Å²) in [6, 6.07) is 12.5. The van der Waals surface area contributed by atoms with Crippen LogP contribution in [-0.2, 0) is 16.0 Å². The Morgan fingerprint density at radius 3 is 2.59 bits per heavy atom. The molecule has 2 aliphatic rings. The van der Waals surface area contributed by atoms with Crippen molar-refractivity contribution in [3.63, 3.8) is 0 Å². The number of aromatic amines is 1. The van der Waals surface area contributed by atoms with Gasteiger partial charge in [-0.1, -0.05) is 12.1 Å². The molecule has 180 valence electrons. The van der Waals surface area contributed by atoms with Crippen molar-refractivity contribution >= 4 is 16.9 Å². The number of fused-ring (bicyclic) bond motifs is 1. The van der Waals surface area contributed by atoms with E-state index in [1.165, 1.54) is 47.5 Å². The van der Waals surface area contributed by atoms with E-state index >= 15 is 0 Å². The number of ether oxygens (including phenoxy) is 3. The van der Waals surface area contributed by atoms with Gasteiger partial charge < -0.3 is 19.2 Å². The van der Waals surface area contributed by atoms with Crippen molar-refractivity contribution in [2.24, 2.45) is 0 Å². The fraction of sp³-hybridized carbons (Fsp3) is 0.464. The summed E-state index contributed by atoms with van der Waals surface area (Å²) in [5.41, 5.74) is 5.62. The van der Waals surface area contributed by atoms with Crippen LogP contribution in [0.1, 0.15) is 71.6 Å². The zero-order valence-corrected chi connectivity index (χ0v) is 20.3. The first-order valence-corrected chi connectivity index (χ1v) is 12.3. The van der Waals surface area contributed by atoms with Crippen LogP contribution in [0.4, 0.5) is 0 Å². The van der Waals surface area contributed by atoms with E-state index in [1.54, 1.807) is 7.11 Å². The summed E-state index contributed by atoms with van der Waals surface area (Å²) in [7, 11) is 3.19. The van der Waals surface area contributed by atoms with Crippen LogP contribution in [0.15, 0.2) is 42.6 Å². The highest BCUT2D eigenvalue weighted by Gasteiger charge is 2.33. The molecule has 1 aliphatic heterocycles. The number of esters is 1. The lowest BCUT2D eigenvalue weighted by atomic mass is 9.91. The van der Waals surface area contributed by atoms with Crippen molar-refractivity contribution in [1.29, 1.82) is 0 Å². The summed E-state index contributed by atoms with van der Waals surface area (Å²) >= 11 is 0. The van der Waals surface area contributed by atoms with Crippen molar-refractivity contribution < 1.29 is 19.0 Å². The van der Waals surface area contributed by atoms with Crippen molar-refractivity contribution in [2.45, 2.75) is 57.2 Å². The monoisotopic (exact) mass is 462 g/mol. The number of carbonyl (C=O) groups is 1. The summed E-state index contributed by atoms with van der Waals surface area (Å²) in [4.78, 5) is 17.9. The number of carbonyl (C=O) groups excluding carboxylic acids is 1. The number of benzene rings is 2. The molecular formula is C28H34N2O4. The van der Waals surface area contributed by atoms with Gasteiger partial charge in [0, 0.05) is 48.4 Å². The second kappa shape index (κ2) is 9.80. The van der Waals surface area contributed by atoms with Crippen LogP contribution in [0, 0.1) is 0 Å². The molecule has 0 bridgehead atoms. The number of hydrogen-bond acceptors (Lipinski definition) is 5. The minimum absolute atomic E-state index is 0.193. The molecule has 1 aliphatic carbocycles. The second-order valence-corrected chi connectivity index (χ2v) is 9.39. The number of methoxy groups -OCH3 is 2. The van der Waals surface area contributed by atoms with E-state index in [0.29, 0.717) is 11.5 Å². The fourth-order valence-corrected chi connectivity index (χ4v) is 5.42. The molecule has 0 radical (unpaired) electrons. The first kappa shape index (κ1) is 22.9. The van der Waals surface area contributed by atoms with Crippen molar-refractivity contribution in [3.05, 3.63) is 64.8 Å². The third-order valence-electron chi connectivity index (χ3n) is 7.33. The van der Waals surface area contributed by atoms with Gasteiger partial charge in [-0.3, -0.25) is 4.90 Å². The van der Waals surface area contributed by atoms with Crippen LogP contribution >= 0.6 is 0 Å². The molecule has 1 saturated carbocycles. The van der Waals surface area contributed by atoms with Crippen LogP contribution in [0.2, 0.25) is 0 Å². The largest absolute Gasteiger partial charge is 0.496 e. The lowest BCUT2D eigenvalue weighted by Gasteiger charge is -2.40. The van der Waals surface area contributed by atoms with E-state index < -0.39 is 0 Å². The molecule has 2 atom stereocenters. The molecule has 1 N–H and O–H groups in total. The lowest BCUT2D eigenvalue weighted by molar-refractivity contribution is -0.0138. The van der Waals surface area contributed by atoms with Crippen LogP contribution in [0.25, 0.3) is 10.9 Å². The summed E-state index contributed by atoms with van der Waals surface area (Å²) in [6.07, 6.45) is 6.71. The molecule has 2 aromatic carbocycles. The lowest BCUT2D eigenvalue weighted by Crippen LogP contribution is -2.39. The Morgan fingerprint density at radius 2 is 1.91 bits per heavy atom. The van der Waals surface area contributed by atoms with Gasteiger partial charge >= 0.3 is 5.97 Å². The summed E-state index contributed by atoms with van der Waals surface area (Å²) in [5, 5.41) is 1.26. The Balaban J connectivity index is 1.48. The van der Waals surface area contributed by atoms with Gasteiger partial charge in [0.25, 0.3) is 0 Å². The molecular weight excluding hydrogens is 428 g/mol. The standard InChI is InChI=1S/C28H34N2O4/c1-4-34-21-12-14-30(25(15-21)19-7-9-20(10-8-19)28(31)33-3)17-24-22-11-13-29-27(22)23(18-5-6-18)16-26(24)32-2/h7-11,13,16,18,21,25,29H,4-6,12,14-15,17H2,1-3H3/t21-,25-/m0/s1. The predicted molar refractivity (Wildman–Crippen MR) is 132 cm³/mol. The Hall–Kier alpha value is -2.83. The number of H-pyrrole nitrogens is 1. The minimum Gasteiger partial charge on any atom is -0.496 e. The van der Waals surface area contributed by atoms with Gasteiger partial charge in [0.1, 0.15) is 5.75 Å². The van der Waals surface area contributed by atoms with E-state index in [2.05, 4.69) is 41.1 Å². The average molecular weight is 463 g/mol. The van der Waals surface area contributed by atoms with E-state index in [-0.39, 0.29) is 18.1 Å². The fourth-order valence-electron chi connectivity index (χ4n) is 5.42. The number of piperidine rings is 1.